The van der Waals surface area contributed by atoms with Crippen LogP contribution in [-0.4, -0.2) is 35.6 Å². The monoisotopic (exact) mass is 347 g/mol. The van der Waals surface area contributed by atoms with Crippen LogP contribution in [0.4, 0.5) is 0 Å². The summed E-state index contributed by atoms with van der Waals surface area (Å²) in [6, 6.07) is 9.49. The lowest BCUT2D eigenvalue weighted by Gasteiger charge is -2.31. The highest BCUT2D eigenvalue weighted by Crippen LogP contribution is 2.28. The first kappa shape index (κ1) is 17.2. The van der Waals surface area contributed by atoms with Gasteiger partial charge in [-0.25, -0.2) is 8.42 Å². The van der Waals surface area contributed by atoms with Crippen molar-refractivity contribution in [3.8, 4) is 0 Å². The molecule has 3 rings (SSSR count). The molecule has 130 valence electrons. The zero-order valence-corrected chi connectivity index (χ0v) is 15.3. The first-order chi connectivity index (χ1) is 11.3. The summed E-state index contributed by atoms with van der Waals surface area (Å²) in [6.45, 7) is 7.44. The standard InChI is InChI=1S/C18H25N3O2S/c1-18(2,3)15-5-7-17(8-6-15)24(22,23)20-13-9-16(10-14-20)21-12-4-11-19-21/h4-8,11-12,16H,9-10,13-14H2,1-3H3. The van der Waals surface area contributed by atoms with E-state index in [1.807, 2.05) is 29.1 Å². The van der Waals surface area contributed by atoms with Gasteiger partial charge >= 0.3 is 0 Å². The van der Waals surface area contributed by atoms with E-state index in [4.69, 9.17) is 0 Å². The average Bonchev–Trinajstić information content (AvgIpc) is 3.09. The topological polar surface area (TPSA) is 55.2 Å². The first-order valence-corrected chi connectivity index (χ1v) is 9.82. The van der Waals surface area contributed by atoms with Crippen LogP contribution in [-0.2, 0) is 15.4 Å². The summed E-state index contributed by atoms with van der Waals surface area (Å²) in [4.78, 5) is 0.382. The van der Waals surface area contributed by atoms with Crippen LogP contribution in [0.3, 0.4) is 0 Å². The van der Waals surface area contributed by atoms with Crippen LogP contribution in [0.1, 0.15) is 45.2 Å². The summed E-state index contributed by atoms with van der Waals surface area (Å²) in [5, 5.41) is 4.27. The van der Waals surface area contributed by atoms with Gasteiger partial charge in [0.25, 0.3) is 0 Å². The number of piperidine rings is 1. The van der Waals surface area contributed by atoms with Gasteiger partial charge in [-0.1, -0.05) is 32.9 Å². The van der Waals surface area contributed by atoms with Gasteiger partial charge in [0.15, 0.2) is 0 Å². The Morgan fingerprint density at radius 1 is 1.08 bits per heavy atom. The third kappa shape index (κ3) is 3.39. The van der Waals surface area contributed by atoms with Crippen LogP contribution >= 0.6 is 0 Å². The van der Waals surface area contributed by atoms with Crippen LogP contribution in [0.15, 0.2) is 47.6 Å². The predicted octanol–water partition coefficient (Wildman–Crippen LogP) is 3.21. The highest BCUT2D eigenvalue weighted by atomic mass is 32.2. The third-order valence-corrected chi connectivity index (χ3v) is 6.59. The highest BCUT2D eigenvalue weighted by Gasteiger charge is 2.30. The van der Waals surface area contributed by atoms with Crippen molar-refractivity contribution < 1.29 is 8.42 Å². The lowest BCUT2D eigenvalue weighted by atomic mass is 9.87. The molecule has 6 heteroatoms. The Balaban J connectivity index is 1.72. The number of hydrogen-bond donors (Lipinski definition) is 0. The molecule has 1 aliphatic heterocycles. The summed E-state index contributed by atoms with van der Waals surface area (Å²) in [5.74, 6) is 0. The molecule has 0 amide bonds. The Labute approximate surface area is 144 Å². The van der Waals surface area contributed by atoms with E-state index in [1.54, 1.807) is 22.6 Å². The Bertz CT molecular complexity index is 767. The fraction of sp³-hybridized carbons (Fsp3) is 0.500. The predicted molar refractivity (Wildman–Crippen MR) is 94.4 cm³/mol. The van der Waals surface area contributed by atoms with E-state index in [1.165, 1.54) is 0 Å². The Morgan fingerprint density at radius 3 is 2.21 bits per heavy atom. The molecule has 1 fully saturated rings. The van der Waals surface area contributed by atoms with Crippen molar-refractivity contribution in [3.05, 3.63) is 48.3 Å². The van der Waals surface area contributed by atoms with Gasteiger partial charge in [0.05, 0.1) is 10.9 Å². The molecular weight excluding hydrogens is 322 g/mol. The van der Waals surface area contributed by atoms with Crippen LogP contribution in [0, 0.1) is 0 Å². The van der Waals surface area contributed by atoms with Crippen molar-refractivity contribution in [2.75, 3.05) is 13.1 Å². The fourth-order valence-corrected chi connectivity index (χ4v) is 4.59. The summed E-state index contributed by atoms with van der Waals surface area (Å²) in [6.07, 6.45) is 5.29. The first-order valence-electron chi connectivity index (χ1n) is 8.38. The number of aromatic nitrogens is 2. The van der Waals surface area contributed by atoms with Gasteiger partial charge < -0.3 is 0 Å². The van der Waals surface area contributed by atoms with Gasteiger partial charge in [-0.2, -0.15) is 9.40 Å². The van der Waals surface area contributed by atoms with E-state index in [0.717, 1.165) is 18.4 Å². The van der Waals surface area contributed by atoms with Crippen molar-refractivity contribution in [3.63, 3.8) is 0 Å². The van der Waals surface area contributed by atoms with Gasteiger partial charge in [-0.15, -0.1) is 0 Å². The Hall–Kier alpha value is -1.66. The molecule has 2 aromatic rings. The van der Waals surface area contributed by atoms with Crippen LogP contribution < -0.4 is 0 Å². The highest BCUT2D eigenvalue weighted by molar-refractivity contribution is 7.89. The minimum atomic E-state index is -3.41. The SMILES string of the molecule is CC(C)(C)c1ccc(S(=O)(=O)N2CCC(n3cccn3)CC2)cc1. The second-order valence-electron chi connectivity index (χ2n) is 7.40. The number of sulfonamides is 1. The van der Waals surface area contributed by atoms with Crippen molar-refractivity contribution in [2.24, 2.45) is 0 Å². The maximum absolute atomic E-state index is 12.8. The van der Waals surface area contributed by atoms with E-state index in [2.05, 4.69) is 25.9 Å². The number of rotatable bonds is 3. The molecule has 1 aromatic heterocycles. The summed E-state index contributed by atoms with van der Waals surface area (Å²) >= 11 is 0. The molecule has 0 radical (unpaired) electrons. The summed E-state index contributed by atoms with van der Waals surface area (Å²) < 4.78 is 29.2. The van der Waals surface area contributed by atoms with Crippen LogP contribution in [0.2, 0.25) is 0 Å². The Morgan fingerprint density at radius 2 is 1.71 bits per heavy atom. The van der Waals surface area contributed by atoms with Gasteiger partial charge in [-0.3, -0.25) is 4.68 Å². The van der Waals surface area contributed by atoms with Crippen LogP contribution in [0.5, 0.6) is 0 Å². The quantitative estimate of drug-likeness (QED) is 0.857. The van der Waals surface area contributed by atoms with E-state index in [9.17, 15) is 8.42 Å². The molecule has 0 atom stereocenters. The van der Waals surface area contributed by atoms with E-state index in [-0.39, 0.29) is 11.5 Å². The van der Waals surface area contributed by atoms with Crippen molar-refractivity contribution in [2.45, 2.75) is 50.0 Å². The number of hydrogen-bond acceptors (Lipinski definition) is 3. The third-order valence-electron chi connectivity index (χ3n) is 4.68. The van der Waals surface area contributed by atoms with Gasteiger partial charge in [-0.05, 0) is 42.0 Å². The minimum absolute atomic E-state index is 0.0183. The van der Waals surface area contributed by atoms with Crippen molar-refractivity contribution in [1.29, 1.82) is 0 Å². The molecule has 0 bridgehead atoms. The van der Waals surface area contributed by atoms with Gasteiger partial charge in [0.1, 0.15) is 0 Å². The molecule has 0 N–H and O–H groups in total. The molecule has 0 aliphatic carbocycles. The fourth-order valence-electron chi connectivity index (χ4n) is 3.12. The van der Waals surface area contributed by atoms with Crippen molar-refractivity contribution >= 4 is 10.0 Å². The van der Waals surface area contributed by atoms with E-state index < -0.39 is 10.0 Å². The molecule has 5 nitrogen and oxygen atoms in total. The van der Waals surface area contributed by atoms with Gasteiger partial charge in [0.2, 0.25) is 10.0 Å². The zero-order chi connectivity index (χ0) is 17.4. The van der Waals surface area contributed by atoms with Gasteiger partial charge in [0, 0.05) is 25.5 Å². The number of benzene rings is 1. The molecular formula is C18H25N3O2S. The summed E-state index contributed by atoms with van der Waals surface area (Å²) in [5.41, 5.74) is 1.16. The lowest BCUT2D eigenvalue weighted by molar-refractivity contribution is 0.261. The van der Waals surface area contributed by atoms with Crippen molar-refractivity contribution in [1.82, 2.24) is 14.1 Å². The lowest BCUT2D eigenvalue weighted by Crippen LogP contribution is -2.39. The second-order valence-corrected chi connectivity index (χ2v) is 9.33. The molecule has 1 saturated heterocycles. The Kier molecular flexibility index (Phi) is 4.53. The molecule has 1 aliphatic rings. The summed E-state index contributed by atoms with van der Waals surface area (Å²) in [7, 11) is -3.41. The molecule has 2 heterocycles. The largest absolute Gasteiger partial charge is 0.270 e. The smallest absolute Gasteiger partial charge is 0.243 e. The van der Waals surface area contributed by atoms with E-state index >= 15 is 0 Å². The van der Waals surface area contributed by atoms with E-state index in [0.29, 0.717) is 18.0 Å². The molecule has 24 heavy (non-hydrogen) atoms. The zero-order valence-electron chi connectivity index (χ0n) is 14.5. The second kappa shape index (κ2) is 6.33. The maximum atomic E-state index is 12.8. The average molecular weight is 347 g/mol. The molecule has 0 spiro atoms. The normalized spacial score (nSPS) is 18.0. The molecule has 0 unspecified atom stereocenters. The molecule has 1 aromatic carbocycles. The van der Waals surface area contributed by atoms with Crippen LogP contribution in [0.25, 0.3) is 0 Å². The number of nitrogens with zero attached hydrogens (tertiary/aromatic N) is 3. The maximum Gasteiger partial charge on any atom is 0.243 e. The minimum Gasteiger partial charge on any atom is -0.270 e. The molecule has 0 saturated carbocycles.